The first kappa shape index (κ1) is 14.1. The molecule has 0 aliphatic rings. The van der Waals surface area contributed by atoms with Crippen LogP contribution in [-0.4, -0.2) is 5.91 Å². The van der Waals surface area contributed by atoms with Crippen molar-refractivity contribution in [3.63, 3.8) is 0 Å². The molecule has 0 saturated carbocycles. The first-order valence-electron chi connectivity index (χ1n) is 5.81. The molecule has 0 heterocycles. The number of nitrogens with one attached hydrogen (secondary N) is 1. The molecule has 4 heteroatoms. The number of rotatable bonds is 2. The lowest BCUT2D eigenvalue weighted by molar-refractivity contribution is 0.102. The fourth-order valence-electron chi connectivity index (χ4n) is 1.84. The molecule has 2 aromatic carbocycles. The minimum absolute atomic E-state index is 0.166. The summed E-state index contributed by atoms with van der Waals surface area (Å²) in [5, 5.41) is 3.40. The van der Waals surface area contributed by atoms with E-state index in [4.69, 9.17) is 11.6 Å². The second kappa shape index (κ2) is 5.76. The average molecular weight is 339 g/mol. The van der Waals surface area contributed by atoms with E-state index in [0.29, 0.717) is 16.3 Å². The summed E-state index contributed by atoms with van der Waals surface area (Å²) in [5.41, 5.74) is 3.22. The summed E-state index contributed by atoms with van der Waals surface area (Å²) in [6.07, 6.45) is 0. The number of hydrogen-bond donors (Lipinski definition) is 1. The molecule has 19 heavy (non-hydrogen) atoms. The molecule has 0 bridgehead atoms. The van der Waals surface area contributed by atoms with Gasteiger partial charge in [-0.2, -0.15) is 0 Å². The summed E-state index contributed by atoms with van der Waals surface area (Å²) in [6.45, 7) is 3.86. The van der Waals surface area contributed by atoms with Crippen molar-refractivity contribution in [3.05, 3.63) is 62.6 Å². The van der Waals surface area contributed by atoms with E-state index in [9.17, 15) is 4.79 Å². The Morgan fingerprint density at radius 1 is 1.21 bits per heavy atom. The van der Waals surface area contributed by atoms with Crippen molar-refractivity contribution in [2.45, 2.75) is 13.8 Å². The summed E-state index contributed by atoms with van der Waals surface area (Å²) < 4.78 is 0.883. The summed E-state index contributed by atoms with van der Waals surface area (Å²) in [4.78, 5) is 12.2. The van der Waals surface area contributed by atoms with E-state index in [1.807, 2.05) is 38.1 Å². The highest BCUT2D eigenvalue weighted by Gasteiger charge is 2.11. The molecule has 2 rings (SSSR count). The third-order valence-electron chi connectivity index (χ3n) is 2.76. The summed E-state index contributed by atoms with van der Waals surface area (Å²) in [6, 6.07) is 11.1. The van der Waals surface area contributed by atoms with Crippen LogP contribution in [0.3, 0.4) is 0 Å². The van der Waals surface area contributed by atoms with E-state index >= 15 is 0 Å². The minimum Gasteiger partial charge on any atom is -0.320 e. The zero-order valence-electron chi connectivity index (χ0n) is 10.6. The molecule has 0 saturated heterocycles. The monoisotopic (exact) mass is 337 g/mol. The maximum absolute atomic E-state index is 12.2. The van der Waals surface area contributed by atoms with E-state index in [2.05, 4.69) is 21.2 Å². The van der Waals surface area contributed by atoms with Gasteiger partial charge in [0.05, 0.1) is 10.7 Å². The molecule has 0 unspecified atom stereocenters. The van der Waals surface area contributed by atoms with Gasteiger partial charge in [-0.05, 0) is 49.2 Å². The van der Waals surface area contributed by atoms with Gasteiger partial charge in [0.25, 0.3) is 5.91 Å². The highest BCUT2D eigenvalue weighted by Crippen LogP contribution is 2.26. The van der Waals surface area contributed by atoms with Gasteiger partial charge in [-0.1, -0.05) is 39.7 Å². The van der Waals surface area contributed by atoms with Crippen LogP contribution < -0.4 is 5.32 Å². The second-order valence-corrected chi connectivity index (χ2v) is 5.73. The van der Waals surface area contributed by atoms with Crippen LogP contribution in [0.25, 0.3) is 0 Å². The van der Waals surface area contributed by atoms with Crippen LogP contribution in [0.5, 0.6) is 0 Å². The van der Waals surface area contributed by atoms with Gasteiger partial charge in [0.1, 0.15) is 0 Å². The number of hydrogen-bond acceptors (Lipinski definition) is 1. The smallest absolute Gasteiger partial charge is 0.255 e. The number of amides is 1. The zero-order valence-corrected chi connectivity index (χ0v) is 13.0. The SMILES string of the molecule is Cc1cc(Br)cc(C(=O)Nc2c(C)cccc2Cl)c1. The van der Waals surface area contributed by atoms with Gasteiger partial charge in [0, 0.05) is 10.0 Å². The van der Waals surface area contributed by atoms with Crippen LogP contribution in [-0.2, 0) is 0 Å². The van der Waals surface area contributed by atoms with Gasteiger partial charge >= 0.3 is 0 Å². The number of para-hydroxylation sites is 1. The van der Waals surface area contributed by atoms with E-state index in [1.165, 1.54) is 0 Å². The largest absolute Gasteiger partial charge is 0.320 e. The summed E-state index contributed by atoms with van der Waals surface area (Å²) in [5.74, 6) is -0.166. The van der Waals surface area contributed by atoms with Gasteiger partial charge in [-0.3, -0.25) is 4.79 Å². The van der Waals surface area contributed by atoms with Crippen molar-refractivity contribution >= 4 is 39.1 Å². The summed E-state index contributed by atoms with van der Waals surface area (Å²) in [7, 11) is 0. The molecule has 1 amide bonds. The molecule has 0 fully saturated rings. The van der Waals surface area contributed by atoms with Crippen molar-refractivity contribution in [3.8, 4) is 0 Å². The van der Waals surface area contributed by atoms with Crippen LogP contribution in [0.2, 0.25) is 5.02 Å². The average Bonchev–Trinajstić information content (AvgIpc) is 2.32. The Bertz CT molecular complexity index is 600. The highest BCUT2D eigenvalue weighted by atomic mass is 79.9. The van der Waals surface area contributed by atoms with Crippen LogP contribution in [0.4, 0.5) is 5.69 Å². The quantitative estimate of drug-likeness (QED) is 0.823. The number of carbonyl (C=O) groups is 1. The Hall–Kier alpha value is -1.32. The van der Waals surface area contributed by atoms with Crippen molar-refractivity contribution in [1.29, 1.82) is 0 Å². The van der Waals surface area contributed by atoms with Crippen LogP contribution >= 0.6 is 27.5 Å². The van der Waals surface area contributed by atoms with Gasteiger partial charge < -0.3 is 5.32 Å². The third kappa shape index (κ3) is 3.37. The number of benzene rings is 2. The molecule has 0 aliphatic heterocycles. The van der Waals surface area contributed by atoms with Gasteiger partial charge in [0.2, 0.25) is 0 Å². The zero-order chi connectivity index (χ0) is 14.0. The fraction of sp³-hybridized carbons (Fsp3) is 0.133. The maximum Gasteiger partial charge on any atom is 0.255 e. The molecule has 0 atom stereocenters. The van der Waals surface area contributed by atoms with Crippen molar-refractivity contribution in [1.82, 2.24) is 0 Å². The molecular formula is C15H13BrClNO. The van der Waals surface area contributed by atoms with Crippen LogP contribution in [0.15, 0.2) is 40.9 Å². The second-order valence-electron chi connectivity index (χ2n) is 4.40. The van der Waals surface area contributed by atoms with Crippen LogP contribution in [0, 0.1) is 13.8 Å². The van der Waals surface area contributed by atoms with E-state index in [-0.39, 0.29) is 5.91 Å². The summed E-state index contributed by atoms with van der Waals surface area (Å²) >= 11 is 9.49. The number of aryl methyl sites for hydroxylation is 2. The Morgan fingerprint density at radius 3 is 2.58 bits per heavy atom. The topological polar surface area (TPSA) is 29.1 Å². The molecule has 0 aliphatic carbocycles. The molecule has 0 aromatic heterocycles. The number of carbonyl (C=O) groups excluding carboxylic acids is 1. The minimum atomic E-state index is -0.166. The highest BCUT2D eigenvalue weighted by molar-refractivity contribution is 9.10. The predicted molar refractivity (Wildman–Crippen MR) is 83.0 cm³/mol. The van der Waals surface area contributed by atoms with Gasteiger partial charge in [0.15, 0.2) is 0 Å². The van der Waals surface area contributed by atoms with Gasteiger partial charge in [-0.15, -0.1) is 0 Å². The number of halogens is 2. The lowest BCUT2D eigenvalue weighted by atomic mass is 10.1. The molecule has 98 valence electrons. The Kier molecular flexibility index (Phi) is 4.27. The molecule has 2 aromatic rings. The van der Waals surface area contributed by atoms with Crippen molar-refractivity contribution in [2.75, 3.05) is 5.32 Å². The molecule has 1 N–H and O–H groups in total. The normalized spacial score (nSPS) is 10.3. The predicted octanol–water partition coefficient (Wildman–Crippen LogP) is 4.97. The van der Waals surface area contributed by atoms with E-state index in [1.54, 1.807) is 12.1 Å². The van der Waals surface area contributed by atoms with Gasteiger partial charge in [-0.25, -0.2) is 0 Å². The Labute approximate surface area is 125 Å². The van der Waals surface area contributed by atoms with Crippen molar-refractivity contribution in [2.24, 2.45) is 0 Å². The lowest BCUT2D eigenvalue weighted by Crippen LogP contribution is -2.13. The number of anilines is 1. The lowest BCUT2D eigenvalue weighted by Gasteiger charge is -2.11. The maximum atomic E-state index is 12.2. The molecule has 0 spiro atoms. The molecule has 2 nitrogen and oxygen atoms in total. The first-order valence-corrected chi connectivity index (χ1v) is 6.98. The first-order chi connectivity index (χ1) is 8.97. The Balaban J connectivity index is 2.31. The fourth-order valence-corrected chi connectivity index (χ4v) is 2.72. The van der Waals surface area contributed by atoms with E-state index < -0.39 is 0 Å². The van der Waals surface area contributed by atoms with Crippen LogP contribution in [0.1, 0.15) is 21.5 Å². The molecule has 0 radical (unpaired) electrons. The molecular weight excluding hydrogens is 326 g/mol. The van der Waals surface area contributed by atoms with Crippen molar-refractivity contribution < 1.29 is 4.79 Å². The van der Waals surface area contributed by atoms with E-state index in [0.717, 1.165) is 15.6 Å². The standard InChI is InChI=1S/C15H13BrClNO/c1-9-6-11(8-12(16)7-9)15(19)18-14-10(2)4-3-5-13(14)17/h3-8H,1-2H3,(H,18,19). The third-order valence-corrected chi connectivity index (χ3v) is 3.54. The Morgan fingerprint density at radius 2 is 1.95 bits per heavy atom.